The molecule has 0 saturated heterocycles. The van der Waals surface area contributed by atoms with Crippen LogP contribution in [0.2, 0.25) is 0 Å². The van der Waals surface area contributed by atoms with Crippen LogP contribution in [0.4, 0.5) is 0 Å². The van der Waals surface area contributed by atoms with Gasteiger partial charge < -0.3 is 0 Å². The van der Waals surface area contributed by atoms with Crippen molar-refractivity contribution in [2.24, 2.45) is 0 Å². The van der Waals surface area contributed by atoms with E-state index in [2.05, 4.69) is 50.7 Å². The topological polar surface area (TPSA) is 55.6 Å². The van der Waals surface area contributed by atoms with E-state index in [1.807, 2.05) is 36.0 Å². The number of hydrogen-bond acceptors (Lipinski definition) is 4. The predicted octanol–water partition coefficient (Wildman–Crippen LogP) is 3.20. The molecule has 0 radical (unpaired) electrons. The second-order valence-corrected chi connectivity index (χ2v) is 6.20. The molecule has 0 amide bonds. The van der Waals surface area contributed by atoms with Gasteiger partial charge >= 0.3 is 0 Å². The number of nitrogens with one attached hydrogen (secondary N) is 1. The Balaban J connectivity index is 1.68. The quantitative estimate of drug-likeness (QED) is 0.802. The molecular formula is C19H21N5. The summed E-state index contributed by atoms with van der Waals surface area (Å²) in [5.41, 5.74) is 2.24. The maximum absolute atomic E-state index is 4.64. The zero-order chi connectivity index (χ0) is 16.4. The van der Waals surface area contributed by atoms with E-state index in [0.29, 0.717) is 0 Å². The maximum atomic E-state index is 4.64. The monoisotopic (exact) mass is 319 g/mol. The number of aromatic nitrogens is 4. The molecule has 2 atom stereocenters. The molecule has 1 aromatic carbocycles. The molecule has 1 aliphatic rings. The number of pyridine rings is 1. The van der Waals surface area contributed by atoms with Crippen molar-refractivity contribution in [3.8, 4) is 0 Å². The summed E-state index contributed by atoms with van der Waals surface area (Å²) in [5, 5.41) is 8.28. The van der Waals surface area contributed by atoms with E-state index in [0.717, 1.165) is 36.7 Å². The van der Waals surface area contributed by atoms with Gasteiger partial charge in [-0.2, -0.15) is 5.10 Å². The molecule has 0 saturated carbocycles. The number of aryl methyl sites for hydroxylation is 2. The van der Waals surface area contributed by atoms with Crippen molar-refractivity contribution in [1.82, 2.24) is 25.1 Å². The lowest BCUT2D eigenvalue weighted by molar-refractivity contribution is 0.349. The predicted molar refractivity (Wildman–Crippen MR) is 92.4 cm³/mol. The van der Waals surface area contributed by atoms with Crippen molar-refractivity contribution in [3.63, 3.8) is 0 Å². The Morgan fingerprint density at radius 3 is 2.75 bits per heavy atom. The van der Waals surface area contributed by atoms with E-state index in [9.17, 15) is 0 Å². The summed E-state index contributed by atoms with van der Waals surface area (Å²) in [5.74, 6) is 1.88. The van der Waals surface area contributed by atoms with Gasteiger partial charge in [0.2, 0.25) is 0 Å². The molecule has 24 heavy (non-hydrogen) atoms. The van der Waals surface area contributed by atoms with E-state index in [1.165, 1.54) is 5.56 Å². The van der Waals surface area contributed by atoms with Crippen molar-refractivity contribution >= 4 is 0 Å². The van der Waals surface area contributed by atoms with Crippen LogP contribution in [-0.4, -0.2) is 19.7 Å². The molecule has 0 spiro atoms. The van der Waals surface area contributed by atoms with E-state index in [1.54, 1.807) is 0 Å². The molecule has 1 N–H and O–H groups in total. The van der Waals surface area contributed by atoms with E-state index in [4.69, 9.17) is 0 Å². The Labute approximate surface area is 141 Å². The van der Waals surface area contributed by atoms with E-state index in [-0.39, 0.29) is 12.1 Å². The molecule has 3 heterocycles. The number of hydrogen-bond donors (Lipinski definition) is 1. The lowest BCUT2D eigenvalue weighted by atomic mass is 9.99. The van der Waals surface area contributed by atoms with Gasteiger partial charge in [-0.15, -0.1) is 0 Å². The molecule has 5 heteroatoms. The highest BCUT2D eigenvalue weighted by atomic mass is 15.4. The summed E-state index contributed by atoms with van der Waals surface area (Å²) < 4.78 is 2.04. The normalized spacial score (nSPS) is 18.1. The van der Waals surface area contributed by atoms with Gasteiger partial charge in [-0.1, -0.05) is 36.4 Å². The van der Waals surface area contributed by atoms with Crippen molar-refractivity contribution in [2.75, 3.05) is 0 Å². The van der Waals surface area contributed by atoms with Gasteiger partial charge in [0.25, 0.3) is 0 Å². The Morgan fingerprint density at radius 2 is 1.96 bits per heavy atom. The minimum atomic E-state index is 0.0426. The third kappa shape index (κ3) is 2.95. The van der Waals surface area contributed by atoms with Gasteiger partial charge in [0.1, 0.15) is 11.6 Å². The van der Waals surface area contributed by atoms with Crippen molar-refractivity contribution in [1.29, 1.82) is 0 Å². The number of benzene rings is 1. The SMILES string of the molecule is Cc1nc2n(n1)CCC[C@@H]2N[C@@H](c1ccccc1)c1ccccn1. The van der Waals surface area contributed by atoms with Crippen molar-refractivity contribution < 1.29 is 0 Å². The van der Waals surface area contributed by atoms with Crippen LogP contribution < -0.4 is 5.32 Å². The number of fused-ring (bicyclic) bond motifs is 1. The average molecular weight is 319 g/mol. The molecular weight excluding hydrogens is 298 g/mol. The smallest absolute Gasteiger partial charge is 0.147 e. The van der Waals surface area contributed by atoms with Gasteiger partial charge in [0.15, 0.2) is 0 Å². The maximum Gasteiger partial charge on any atom is 0.147 e. The fraction of sp³-hybridized carbons (Fsp3) is 0.316. The first kappa shape index (κ1) is 15.0. The van der Waals surface area contributed by atoms with Crippen LogP contribution in [0.25, 0.3) is 0 Å². The fourth-order valence-electron chi connectivity index (χ4n) is 3.37. The molecule has 0 bridgehead atoms. The van der Waals surface area contributed by atoms with Gasteiger partial charge in [0, 0.05) is 12.7 Å². The summed E-state index contributed by atoms with van der Waals surface area (Å²) >= 11 is 0. The largest absolute Gasteiger partial charge is 0.295 e. The lowest BCUT2D eigenvalue weighted by Crippen LogP contribution is -2.32. The highest BCUT2D eigenvalue weighted by Crippen LogP contribution is 2.29. The lowest BCUT2D eigenvalue weighted by Gasteiger charge is -2.28. The fourth-order valence-corrected chi connectivity index (χ4v) is 3.37. The second kappa shape index (κ2) is 6.53. The summed E-state index contributed by atoms with van der Waals surface area (Å²) in [6.07, 6.45) is 4.02. The highest BCUT2D eigenvalue weighted by Gasteiger charge is 2.27. The van der Waals surface area contributed by atoms with Gasteiger partial charge in [-0.05, 0) is 37.5 Å². The van der Waals surface area contributed by atoms with E-state index >= 15 is 0 Å². The summed E-state index contributed by atoms with van der Waals surface area (Å²) in [6, 6.07) is 16.8. The minimum Gasteiger partial charge on any atom is -0.295 e. The third-order valence-corrected chi connectivity index (χ3v) is 4.46. The molecule has 0 unspecified atom stereocenters. The highest BCUT2D eigenvalue weighted by molar-refractivity contribution is 5.28. The van der Waals surface area contributed by atoms with Gasteiger partial charge in [-0.3, -0.25) is 10.3 Å². The summed E-state index contributed by atoms with van der Waals surface area (Å²) in [4.78, 5) is 9.22. The molecule has 122 valence electrons. The van der Waals surface area contributed by atoms with Crippen molar-refractivity contribution in [3.05, 3.63) is 77.6 Å². The van der Waals surface area contributed by atoms with Crippen LogP contribution in [0.5, 0.6) is 0 Å². The molecule has 1 aliphatic heterocycles. The molecule has 0 aliphatic carbocycles. The molecule has 4 rings (SSSR count). The molecule has 3 aromatic rings. The van der Waals surface area contributed by atoms with Crippen LogP contribution in [-0.2, 0) is 6.54 Å². The molecule has 2 aromatic heterocycles. The Bertz CT molecular complexity index is 758. The first-order chi connectivity index (χ1) is 11.8. The van der Waals surface area contributed by atoms with Gasteiger partial charge in [0.05, 0.1) is 17.8 Å². The average Bonchev–Trinajstić information content (AvgIpc) is 3.02. The minimum absolute atomic E-state index is 0.0426. The van der Waals surface area contributed by atoms with Crippen LogP contribution in [0.3, 0.4) is 0 Å². The zero-order valence-corrected chi connectivity index (χ0v) is 13.8. The first-order valence-electron chi connectivity index (χ1n) is 8.44. The van der Waals surface area contributed by atoms with Crippen LogP contribution >= 0.6 is 0 Å². The van der Waals surface area contributed by atoms with E-state index < -0.39 is 0 Å². The third-order valence-electron chi connectivity index (χ3n) is 4.46. The Morgan fingerprint density at radius 1 is 1.12 bits per heavy atom. The van der Waals surface area contributed by atoms with Crippen LogP contribution in [0.1, 0.15) is 47.8 Å². The van der Waals surface area contributed by atoms with Crippen LogP contribution in [0, 0.1) is 6.92 Å². The zero-order valence-electron chi connectivity index (χ0n) is 13.8. The molecule has 5 nitrogen and oxygen atoms in total. The summed E-state index contributed by atoms with van der Waals surface area (Å²) in [6.45, 7) is 2.91. The summed E-state index contributed by atoms with van der Waals surface area (Å²) in [7, 11) is 0. The number of nitrogens with zero attached hydrogens (tertiary/aromatic N) is 4. The standard InChI is InChI=1S/C19H21N5/c1-14-21-19-17(11-7-13-24(19)23-14)22-18(15-8-3-2-4-9-15)16-10-5-6-12-20-16/h2-6,8-10,12,17-18,22H,7,11,13H2,1H3/t17-,18-/m0/s1. The van der Waals surface area contributed by atoms with Crippen LogP contribution in [0.15, 0.2) is 54.7 Å². The Hall–Kier alpha value is -2.53. The van der Waals surface area contributed by atoms with Gasteiger partial charge in [-0.25, -0.2) is 9.67 Å². The molecule has 0 fully saturated rings. The first-order valence-corrected chi connectivity index (χ1v) is 8.44. The van der Waals surface area contributed by atoms with Crippen molar-refractivity contribution in [2.45, 2.75) is 38.4 Å². The number of rotatable bonds is 4. The second-order valence-electron chi connectivity index (χ2n) is 6.20. The Kier molecular flexibility index (Phi) is 4.09.